The quantitative estimate of drug-likeness (QED) is 0.617. The van der Waals surface area contributed by atoms with Crippen LogP contribution in [0.2, 0.25) is 0 Å². The van der Waals surface area contributed by atoms with Crippen LogP contribution in [0.15, 0.2) is 0 Å². The molecule has 0 saturated carbocycles. The van der Waals surface area contributed by atoms with E-state index in [0.29, 0.717) is 0 Å². The van der Waals surface area contributed by atoms with Gasteiger partial charge in [-0.15, -0.1) is 0 Å². The van der Waals surface area contributed by atoms with Crippen molar-refractivity contribution in [2.45, 2.75) is 0 Å². The number of nitrogens with zero attached hydrogens (tertiary/aromatic N) is 1. The molecule has 0 bridgehead atoms. The number of hydrogen-bond acceptors (Lipinski definition) is 1. The number of hydrogen-bond donors (Lipinski definition) is 0. The molecule has 0 aromatic heterocycles. The summed E-state index contributed by atoms with van der Waals surface area (Å²) in [6.07, 6.45) is 0. The van der Waals surface area contributed by atoms with E-state index in [9.17, 15) is 0 Å². The summed E-state index contributed by atoms with van der Waals surface area (Å²) < 4.78 is 2.08. The van der Waals surface area contributed by atoms with Crippen molar-refractivity contribution in [1.29, 1.82) is 0 Å². The summed E-state index contributed by atoms with van der Waals surface area (Å²) in [5.74, 6) is 0. The Morgan fingerprint density at radius 1 is 1.60 bits per heavy atom. The van der Waals surface area contributed by atoms with E-state index in [2.05, 4.69) is 4.52 Å². The van der Waals surface area contributed by atoms with Crippen LogP contribution < -0.4 is 0 Å². The Kier molecular flexibility index (Phi) is 3.02. The van der Waals surface area contributed by atoms with Crippen molar-refractivity contribution in [1.82, 2.24) is 4.90 Å². The Labute approximate surface area is 43.4 Å². The molecule has 0 spiro atoms. The average molecular weight is 241 g/mol. The topological polar surface area (TPSA) is 3.24 Å². The van der Waals surface area contributed by atoms with Gasteiger partial charge in [-0.05, 0) is 0 Å². The maximum absolute atomic E-state index is 2.08. The first kappa shape index (κ1) is 5.52. The van der Waals surface area contributed by atoms with Gasteiger partial charge in [-0.2, -0.15) is 0 Å². The van der Waals surface area contributed by atoms with Gasteiger partial charge in [0.15, 0.2) is 0 Å². The van der Waals surface area contributed by atoms with Crippen molar-refractivity contribution in [2.75, 3.05) is 14.1 Å². The third-order valence-corrected chi connectivity index (χ3v) is 1.73. The average Bonchev–Trinajstić information content (AvgIpc) is 1.38. The van der Waals surface area contributed by atoms with Crippen LogP contribution in [-0.4, -0.2) is 23.5 Å². The van der Waals surface area contributed by atoms with E-state index in [4.69, 9.17) is 0 Å². The summed E-state index contributed by atoms with van der Waals surface area (Å²) in [6.45, 7) is 0. The van der Waals surface area contributed by atoms with Crippen LogP contribution in [0.5, 0.6) is 0 Å². The first-order valence-corrected chi connectivity index (χ1v) is 3.08. The Morgan fingerprint density at radius 3 is 1.80 bits per heavy atom. The summed E-state index contributed by atoms with van der Waals surface area (Å²) >= 11 is 1.50. The Hall–Kier alpha value is 0.518. The van der Waals surface area contributed by atoms with Crippen LogP contribution in [0, 0.1) is 0 Å². The zero-order chi connectivity index (χ0) is 4.28. The normalized spacial score (nSPS) is 8.60. The summed E-state index contributed by atoms with van der Waals surface area (Å²) in [6, 6.07) is 0. The second-order valence-corrected chi connectivity index (χ2v) is 1.83. The van der Waals surface area contributed by atoms with Crippen LogP contribution in [0.1, 0.15) is 0 Å². The van der Waals surface area contributed by atoms with Gasteiger partial charge in [0.1, 0.15) is 0 Å². The molecule has 0 N–H and O–H groups in total. The monoisotopic (exact) mass is 241 g/mol. The van der Waals surface area contributed by atoms with Gasteiger partial charge in [-0.25, -0.2) is 0 Å². The molecule has 0 heterocycles. The van der Waals surface area contributed by atoms with Crippen molar-refractivity contribution in [3.8, 4) is 0 Å². The molecule has 0 aromatic rings. The Morgan fingerprint density at radius 2 is 1.80 bits per heavy atom. The molecule has 2 heteroatoms. The molecule has 0 atom stereocenters. The fourth-order valence-electron chi connectivity index (χ4n) is 0. The first-order chi connectivity index (χ1) is 2.27. The zero-order valence-corrected chi connectivity index (χ0v) is 6.37. The molecule has 0 rings (SSSR count). The molecule has 0 fully saturated rings. The van der Waals surface area contributed by atoms with Gasteiger partial charge in [-0.3, -0.25) is 0 Å². The molecule has 0 radical (unpaired) electrons. The molecule has 0 aliphatic carbocycles. The molecule has 0 aromatic carbocycles. The fraction of sp³-hybridized carbons (Fsp3) is 0.667. The van der Waals surface area contributed by atoms with Crippen LogP contribution >= 0.6 is 0 Å². The number of rotatable bonds is 1. The van der Waals surface area contributed by atoms with Crippen molar-refractivity contribution in [3.63, 3.8) is 0 Å². The summed E-state index contributed by atoms with van der Waals surface area (Å²) in [4.78, 5) is 2.04. The molecule has 0 aliphatic rings. The predicted molar refractivity (Wildman–Crippen MR) is 19.8 cm³/mol. The summed E-state index contributed by atoms with van der Waals surface area (Å²) in [5, 5.41) is 0. The van der Waals surface area contributed by atoms with E-state index in [1.165, 1.54) is 19.4 Å². The predicted octanol–water partition coefficient (Wildman–Crippen LogP) is -0.145. The minimum atomic E-state index is 1.50. The van der Waals surface area contributed by atoms with E-state index in [0.717, 1.165) is 0 Å². The van der Waals surface area contributed by atoms with Crippen LogP contribution in [0.3, 0.4) is 0 Å². The van der Waals surface area contributed by atoms with Gasteiger partial charge < -0.3 is 0 Å². The fourth-order valence-corrected chi connectivity index (χ4v) is 0. The molecule has 0 amide bonds. The van der Waals surface area contributed by atoms with Crippen LogP contribution in [0.4, 0.5) is 0 Å². The molecule has 5 heavy (non-hydrogen) atoms. The molecule has 0 saturated heterocycles. The molecule has 1 nitrogen and oxygen atoms in total. The molecular formula is C3H7NW. The Bertz CT molecular complexity index is 33.9. The minimum absolute atomic E-state index is 1.50. The van der Waals surface area contributed by atoms with Gasteiger partial charge in [0.2, 0.25) is 0 Å². The third-order valence-electron chi connectivity index (χ3n) is 0.211. The Balaban J connectivity index is 2.83. The van der Waals surface area contributed by atoms with E-state index in [1.807, 2.05) is 19.0 Å². The van der Waals surface area contributed by atoms with E-state index in [1.54, 1.807) is 0 Å². The van der Waals surface area contributed by atoms with Crippen molar-refractivity contribution < 1.29 is 19.4 Å². The van der Waals surface area contributed by atoms with Crippen molar-refractivity contribution >= 4 is 4.52 Å². The van der Waals surface area contributed by atoms with Gasteiger partial charge in [0.05, 0.1) is 0 Å². The van der Waals surface area contributed by atoms with E-state index >= 15 is 0 Å². The second-order valence-electron chi connectivity index (χ2n) is 1.07. The van der Waals surface area contributed by atoms with Crippen LogP contribution in [0.25, 0.3) is 0 Å². The molecule has 30 valence electrons. The summed E-state index contributed by atoms with van der Waals surface area (Å²) in [5.41, 5.74) is 0. The van der Waals surface area contributed by atoms with Gasteiger partial charge in [-0.1, -0.05) is 0 Å². The maximum atomic E-state index is 2.08. The second kappa shape index (κ2) is 2.74. The third kappa shape index (κ3) is 4.52. The SMILES string of the molecule is CN(C)[CH]=[W]. The first-order valence-electron chi connectivity index (χ1n) is 1.39. The van der Waals surface area contributed by atoms with Gasteiger partial charge >= 0.3 is 42.9 Å². The molecular weight excluding hydrogens is 234 g/mol. The van der Waals surface area contributed by atoms with E-state index < -0.39 is 0 Å². The van der Waals surface area contributed by atoms with E-state index in [-0.39, 0.29) is 0 Å². The van der Waals surface area contributed by atoms with Crippen LogP contribution in [-0.2, 0) is 19.4 Å². The summed E-state index contributed by atoms with van der Waals surface area (Å²) in [7, 11) is 4.04. The van der Waals surface area contributed by atoms with Gasteiger partial charge in [0.25, 0.3) is 0 Å². The standard InChI is InChI=1S/C3H7N.W/c1-4(2)3;/h1H,2-3H3;. The van der Waals surface area contributed by atoms with Gasteiger partial charge in [0, 0.05) is 0 Å². The van der Waals surface area contributed by atoms with Crippen molar-refractivity contribution in [2.24, 2.45) is 0 Å². The zero-order valence-electron chi connectivity index (χ0n) is 3.43. The molecule has 0 unspecified atom stereocenters. The van der Waals surface area contributed by atoms with Crippen molar-refractivity contribution in [3.05, 3.63) is 0 Å². The molecule has 0 aliphatic heterocycles.